The predicted octanol–water partition coefficient (Wildman–Crippen LogP) is 2.75. The Bertz CT molecular complexity index is 477. The van der Waals surface area contributed by atoms with Crippen molar-refractivity contribution in [3.05, 3.63) is 24.0 Å². The first kappa shape index (κ1) is 10.1. The fraction of sp³-hybridized carbons (Fsp3) is 0.500. The molecule has 2 rings (SSSR count). The smallest absolute Gasteiger partial charge is 0.157 e. The number of nitrogens with zero attached hydrogens (tertiary/aromatic N) is 3. The number of aromatic nitrogens is 3. The van der Waals surface area contributed by atoms with E-state index in [4.69, 9.17) is 0 Å². The first-order valence-corrected chi connectivity index (χ1v) is 5.34. The second-order valence-corrected chi connectivity index (χ2v) is 4.85. The van der Waals surface area contributed by atoms with Gasteiger partial charge in [0.1, 0.15) is 0 Å². The lowest BCUT2D eigenvalue weighted by atomic mass is 9.88. The van der Waals surface area contributed by atoms with Crippen LogP contribution < -0.4 is 0 Å². The van der Waals surface area contributed by atoms with Gasteiger partial charge in [-0.15, -0.1) is 0 Å². The topological polar surface area (TPSA) is 30.7 Å². The van der Waals surface area contributed by atoms with Crippen molar-refractivity contribution in [2.75, 3.05) is 0 Å². The fourth-order valence-corrected chi connectivity index (χ4v) is 1.61. The van der Waals surface area contributed by atoms with Crippen LogP contribution in [0.15, 0.2) is 18.5 Å². The summed E-state index contributed by atoms with van der Waals surface area (Å²) in [5, 5.41) is 5.42. The Labute approximate surface area is 90.1 Å². The first-order chi connectivity index (χ1) is 7.02. The molecule has 3 heteroatoms. The van der Waals surface area contributed by atoms with Crippen LogP contribution in [0.2, 0.25) is 0 Å². The first-order valence-electron chi connectivity index (χ1n) is 5.34. The Morgan fingerprint density at radius 2 is 2.00 bits per heavy atom. The maximum Gasteiger partial charge on any atom is 0.157 e. The van der Waals surface area contributed by atoms with Gasteiger partial charge in [-0.3, -0.25) is 0 Å². The average Bonchev–Trinajstić information content (AvgIpc) is 2.58. The molecule has 2 aromatic rings. The number of aryl methyl sites for hydroxylation is 1. The summed E-state index contributed by atoms with van der Waals surface area (Å²) in [7, 11) is 0. The zero-order chi connectivity index (χ0) is 11.1. The minimum Gasteiger partial charge on any atom is -0.248 e. The molecule has 0 aliphatic rings. The van der Waals surface area contributed by atoms with Gasteiger partial charge in [-0.2, -0.15) is 5.10 Å². The molecular formula is C12H17N3. The van der Waals surface area contributed by atoms with E-state index in [1.807, 2.05) is 17.1 Å². The van der Waals surface area contributed by atoms with Crippen molar-refractivity contribution in [1.29, 1.82) is 0 Å². The zero-order valence-corrected chi connectivity index (χ0v) is 9.78. The summed E-state index contributed by atoms with van der Waals surface area (Å²) < 4.78 is 1.92. The van der Waals surface area contributed by atoms with Crippen molar-refractivity contribution in [2.45, 2.75) is 39.7 Å². The minimum atomic E-state index is 0.148. The molecule has 80 valence electrons. The van der Waals surface area contributed by atoms with Crippen molar-refractivity contribution >= 4 is 11.0 Å². The molecule has 0 bridgehead atoms. The van der Waals surface area contributed by atoms with Crippen LogP contribution in [0, 0.1) is 0 Å². The van der Waals surface area contributed by atoms with Gasteiger partial charge in [0.15, 0.2) is 5.65 Å². The quantitative estimate of drug-likeness (QED) is 0.713. The molecule has 0 atom stereocenters. The summed E-state index contributed by atoms with van der Waals surface area (Å²) in [4.78, 5) is 4.48. The van der Waals surface area contributed by atoms with Crippen LogP contribution in [0.5, 0.6) is 0 Å². The third-order valence-electron chi connectivity index (χ3n) is 2.64. The van der Waals surface area contributed by atoms with Crippen molar-refractivity contribution in [3.63, 3.8) is 0 Å². The van der Waals surface area contributed by atoms with Crippen LogP contribution in [0.1, 0.15) is 33.3 Å². The Hall–Kier alpha value is -1.38. The molecule has 0 aliphatic heterocycles. The van der Waals surface area contributed by atoms with E-state index >= 15 is 0 Å². The Kier molecular flexibility index (Phi) is 2.25. The molecule has 15 heavy (non-hydrogen) atoms. The number of pyridine rings is 1. The van der Waals surface area contributed by atoms with E-state index in [0.29, 0.717) is 0 Å². The predicted molar refractivity (Wildman–Crippen MR) is 61.9 cm³/mol. The van der Waals surface area contributed by atoms with E-state index in [1.54, 1.807) is 0 Å². The lowest BCUT2D eigenvalue weighted by molar-refractivity contribution is 0.588. The minimum absolute atomic E-state index is 0.148. The molecule has 0 saturated heterocycles. The summed E-state index contributed by atoms with van der Waals surface area (Å²) in [5.74, 6) is 0. The Morgan fingerprint density at radius 1 is 1.27 bits per heavy atom. The highest BCUT2D eigenvalue weighted by Gasteiger charge is 2.15. The molecule has 0 unspecified atom stereocenters. The molecule has 0 aromatic carbocycles. The van der Waals surface area contributed by atoms with E-state index in [9.17, 15) is 0 Å². The lowest BCUT2D eigenvalue weighted by Crippen LogP contribution is -2.11. The van der Waals surface area contributed by atoms with Gasteiger partial charge in [-0.25, -0.2) is 9.67 Å². The van der Waals surface area contributed by atoms with E-state index < -0.39 is 0 Å². The van der Waals surface area contributed by atoms with Crippen molar-refractivity contribution in [1.82, 2.24) is 14.8 Å². The van der Waals surface area contributed by atoms with Crippen LogP contribution in [-0.4, -0.2) is 14.8 Å². The molecule has 0 spiro atoms. The SMILES string of the molecule is CCn1ncc2cc(C(C)(C)C)cnc21. The maximum atomic E-state index is 4.48. The van der Waals surface area contributed by atoms with E-state index in [0.717, 1.165) is 17.6 Å². The second-order valence-electron chi connectivity index (χ2n) is 4.85. The van der Waals surface area contributed by atoms with Crippen LogP contribution in [0.25, 0.3) is 11.0 Å². The monoisotopic (exact) mass is 203 g/mol. The maximum absolute atomic E-state index is 4.48. The molecule has 0 fully saturated rings. The standard InChI is InChI=1S/C12H17N3/c1-5-15-11-9(7-14-15)6-10(8-13-11)12(2,3)4/h6-8H,5H2,1-4H3. The number of hydrogen-bond donors (Lipinski definition) is 0. The van der Waals surface area contributed by atoms with Gasteiger partial charge in [-0.1, -0.05) is 20.8 Å². The Morgan fingerprint density at radius 3 is 2.60 bits per heavy atom. The van der Waals surface area contributed by atoms with Gasteiger partial charge in [0.2, 0.25) is 0 Å². The van der Waals surface area contributed by atoms with E-state index in [1.165, 1.54) is 5.56 Å². The molecule has 0 amide bonds. The fourth-order valence-electron chi connectivity index (χ4n) is 1.61. The Balaban J connectivity index is 2.58. The van der Waals surface area contributed by atoms with Crippen LogP contribution in [0.3, 0.4) is 0 Å². The molecule has 2 aromatic heterocycles. The average molecular weight is 203 g/mol. The molecule has 0 radical (unpaired) electrons. The molecule has 0 saturated carbocycles. The third kappa shape index (κ3) is 1.74. The van der Waals surface area contributed by atoms with Crippen molar-refractivity contribution in [3.8, 4) is 0 Å². The molecule has 3 nitrogen and oxygen atoms in total. The molecular weight excluding hydrogens is 186 g/mol. The van der Waals surface area contributed by atoms with Gasteiger partial charge in [0, 0.05) is 18.1 Å². The van der Waals surface area contributed by atoms with E-state index in [2.05, 4.69) is 43.8 Å². The van der Waals surface area contributed by atoms with Gasteiger partial charge >= 0.3 is 0 Å². The second kappa shape index (κ2) is 3.33. The van der Waals surface area contributed by atoms with Crippen molar-refractivity contribution < 1.29 is 0 Å². The largest absolute Gasteiger partial charge is 0.248 e. The van der Waals surface area contributed by atoms with Gasteiger partial charge in [0.25, 0.3) is 0 Å². The van der Waals surface area contributed by atoms with Gasteiger partial charge < -0.3 is 0 Å². The lowest BCUT2D eigenvalue weighted by Gasteiger charge is -2.18. The van der Waals surface area contributed by atoms with Gasteiger partial charge in [-0.05, 0) is 24.0 Å². The summed E-state index contributed by atoms with van der Waals surface area (Å²) in [6.07, 6.45) is 3.84. The molecule has 2 heterocycles. The van der Waals surface area contributed by atoms with Crippen LogP contribution in [-0.2, 0) is 12.0 Å². The molecule has 0 aliphatic carbocycles. The number of rotatable bonds is 1. The van der Waals surface area contributed by atoms with Crippen LogP contribution >= 0.6 is 0 Å². The summed E-state index contributed by atoms with van der Waals surface area (Å²) >= 11 is 0. The normalized spacial score (nSPS) is 12.3. The number of hydrogen-bond acceptors (Lipinski definition) is 2. The highest BCUT2D eigenvalue weighted by Crippen LogP contribution is 2.24. The van der Waals surface area contributed by atoms with E-state index in [-0.39, 0.29) is 5.41 Å². The van der Waals surface area contributed by atoms with Gasteiger partial charge in [0.05, 0.1) is 6.20 Å². The summed E-state index contributed by atoms with van der Waals surface area (Å²) in [6, 6.07) is 2.18. The van der Waals surface area contributed by atoms with Crippen molar-refractivity contribution in [2.24, 2.45) is 0 Å². The van der Waals surface area contributed by atoms with Crippen LogP contribution in [0.4, 0.5) is 0 Å². The summed E-state index contributed by atoms with van der Waals surface area (Å²) in [6.45, 7) is 9.53. The number of fused-ring (bicyclic) bond motifs is 1. The zero-order valence-electron chi connectivity index (χ0n) is 9.78. The highest BCUT2D eigenvalue weighted by atomic mass is 15.3. The highest BCUT2D eigenvalue weighted by molar-refractivity contribution is 5.75. The third-order valence-corrected chi connectivity index (χ3v) is 2.64. The summed E-state index contributed by atoms with van der Waals surface area (Å²) in [5.41, 5.74) is 2.38. The molecule has 0 N–H and O–H groups in total.